The molecule has 0 saturated carbocycles. The van der Waals surface area contributed by atoms with Gasteiger partial charge in [0.05, 0.1) is 30.3 Å². The van der Waals surface area contributed by atoms with E-state index < -0.39 is 15.9 Å². The Morgan fingerprint density at radius 2 is 1.87 bits per heavy atom. The van der Waals surface area contributed by atoms with Crippen LogP contribution in [0.4, 0.5) is 0 Å². The van der Waals surface area contributed by atoms with Crippen molar-refractivity contribution >= 4 is 27.5 Å². The van der Waals surface area contributed by atoms with Crippen molar-refractivity contribution in [2.75, 3.05) is 6.54 Å². The van der Waals surface area contributed by atoms with Crippen molar-refractivity contribution in [1.29, 1.82) is 0 Å². The fourth-order valence-corrected chi connectivity index (χ4v) is 4.53. The van der Waals surface area contributed by atoms with Gasteiger partial charge in [-0.1, -0.05) is 41.4 Å². The molecule has 1 N–H and O–H groups in total. The summed E-state index contributed by atoms with van der Waals surface area (Å²) in [6, 6.07) is 16.7. The van der Waals surface area contributed by atoms with E-state index in [-0.39, 0.29) is 24.0 Å². The second-order valence-electron chi connectivity index (χ2n) is 7.01. The summed E-state index contributed by atoms with van der Waals surface area (Å²) < 4.78 is 32.8. The molecular weight excluding hydrogens is 424 g/mol. The molecule has 8 heteroatoms. The van der Waals surface area contributed by atoms with Crippen molar-refractivity contribution in [2.24, 2.45) is 0 Å². The Balaban J connectivity index is 1.80. The van der Waals surface area contributed by atoms with Crippen LogP contribution in [0, 0.1) is 6.92 Å². The van der Waals surface area contributed by atoms with Crippen LogP contribution in [0.25, 0.3) is 0 Å². The SMILES string of the molecule is Cc1ccc(S(=O)(=O)N(CC(=O)NC(C)c2cccc(Cl)c2)Cc2ccco2)cc1. The van der Waals surface area contributed by atoms with Gasteiger partial charge in [0, 0.05) is 5.02 Å². The first-order valence-corrected chi connectivity index (χ1v) is 11.2. The van der Waals surface area contributed by atoms with Crippen LogP contribution in [0.3, 0.4) is 0 Å². The molecule has 6 nitrogen and oxygen atoms in total. The number of aryl methyl sites for hydroxylation is 1. The summed E-state index contributed by atoms with van der Waals surface area (Å²) in [5.74, 6) is 0.0195. The molecule has 3 aromatic rings. The zero-order chi connectivity index (χ0) is 21.7. The van der Waals surface area contributed by atoms with Crippen molar-refractivity contribution in [1.82, 2.24) is 9.62 Å². The van der Waals surface area contributed by atoms with Gasteiger partial charge in [-0.25, -0.2) is 8.42 Å². The highest BCUT2D eigenvalue weighted by molar-refractivity contribution is 7.89. The lowest BCUT2D eigenvalue weighted by Gasteiger charge is -2.22. The van der Waals surface area contributed by atoms with E-state index in [1.165, 1.54) is 18.4 Å². The van der Waals surface area contributed by atoms with Crippen LogP contribution >= 0.6 is 11.6 Å². The number of carbonyl (C=O) groups is 1. The van der Waals surface area contributed by atoms with Gasteiger partial charge in [0.25, 0.3) is 0 Å². The van der Waals surface area contributed by atoms with E-state index in [2.05, 4.69) is 5.32 Å². The maximum atomic E-state index is 13.2. The minimum atomic E-state index is -3.90. The van der Waals surface area contributed by atoms with Crippen LogP contribution in [0.5, 0.6) is 0 Å². The molecule has 1 aromatic heterocycles. The lowest BCUT2D eigenvalue weighted by Crippen LogP contribution is -2.41. The number of amides is 1. The number of halogens is 1. The molecule has 0 aliphatic rings. The average Bonchev–Trinajstić information content (AvgIpc) is 3.21. The van der Waals surface area contributed by atoms with Crippen molar-refractivity contribution < 1.29 is 17.6 Å². The van der Waals surface area contributed by atoms with Crippen molar-refractivity contribution in [3.8, 4) is 0 Å². The summed E-state index contributed by atoms with van der Waals surface area (Å²) in [4.78, 5) is 12.8. The Hall–Kier alpha value is -2.61. The molecule has 1 unspecified atom stereocenters. The quantitative estimate of drug-likeness (QED) is 0.559. The Bertz CT molecular complexity index is 1100. The van der Waals surface area contributed by atoms with Gasteiger partial charge in [0.2, 0.25) is 15.9 Å². The summed E-state index contributed by atoms with van der Waals surface area (Å²) >= 11 is 6.02. The third-order valence-electron chi connectivity index (χ3n) is 4.62. The van der Waals surface area contributed by atoms with Crippen LogP contribution in [0.2, 0.25) is 5.02 Å². The normalized spacial score (nSPS) is 12.7. The topological polar surface area (TPSA) is 79.6 Å². The molecule has 3 rings (SSSR count). The first-order valence-electron chi connectivity index (χ1n) is 9.40. The fraction of sp³-hybridized carbons (Fsp3) is 0.227. The van der Waals surface area contributed by atoms with Gasteiger partial charge in [-0.15, -0.1) is 0 Å². The zero-order valence-corrected chi connectivity index (χ0v) is 18.3. The van der Waals surface area contributed by atoms with Gasteiger partial charge in [0.1, 0.15) is 5.76 Å². The molecule has 0 saturated heterocycles. The maximum absolute atomic E-state index is 13.2. The van der Waals surface area contributed by atoms with Crippen LogP contribution in [0.1, 0.15) is 29.9 Å². The molecule has 1 heterocycles. The van der Waals surface area contributed by atoms with Gasteiger partial charge < -0.3 is 9.73 Å². The summed E-state index contributed by atoms with van der Waals surface area (Å²) in [5, 5.41) is 3.40. The third-order valence-corrected chi connectivity index (χ3v) is 6.66. The van der Waals surface area contributed by atoms with E-state index in [0.717, 1.165) is 15.4 Å². The number of furan rings is 1. The molecule has 2 aromatic carbocycles. The summed E-state index contributed by atoms with van der Waals surface area (Å²) in [7, 11) is -3.90. The minimum absolute atomic E-state index is 0.0534. The molecule has 1 atom stereocenters. The van der Waals surface area contributed by atoms with Gasteiger partial charge in [-0.3, -0.25) is 4.79 Å². The van der Waals surface area contributed by atoms with E-state index in [1.807, 2.05) is 19.9 Å². The number of sulfonamides is 1. The Labute approximate surface area is 181 Å². The number of rotatable bonds is 8. The highest BCUT2D eigenvalue weighted by Crippen LogP contribution is 2.20. The van der Waals surface area contributed by atoms with Crippen LogP contribution in [0.15, 0.2) is 76.2 Å². The molecule has 158 valence electrons. The number of hydrogen-bond donors (Lipinski definition) is 1. The van der Waals surface area contributed by atoms with Gasteiger partial charge in [0.15, 0.2) is 0 Å². The van der Waals surface area contributed by atoms with Crippen molar-refractivity contribution in [2.45, 2.75) is 31.3 Å². The number of hydrogen-bond acceptors (Lipinski definition) is 4. The largest absolute Gasteiger partial charge is 0.468 e. The molecular formula is C22H23ClN2O4S. The highest BCUT2D eigenvalue weighted by Gasteiger charge is 2.28. The third kappa shape index (κ3) is 5.50. The van der Waals surface area contributed by atoms with Crippen LogP contribution < -0.4 is 5.32 Å². The van der Waals surface area contributed by atoms with E-state index in [1.54, 1.807) is 42.5 Å². The van der Waals surface area contributed by atoms with E-state index in [0.29, 0.717) is 10.8 Å². The van der Waals surface area contributed by atoms with E-state index in [9.17, 15) is 13.2 Å². The Kier molecular flexibility index (Phi) is 6.97. The number of nitrogens with zero attached hydrogens (tertiary/aromatic N) is 1. The van der Waals surface area contributed by atoms with Crippen molar-refractivity contribution in [3.05, 3.63) is 88.8 Å². The molecule has 0 fully saturated rings. The Morgan fingerprint density at radius 1 is 1.13 bits per heavy atom. The number of benzene rings is 2. The highest BCUT2D eigenvalue weighted by atomic mass is 35.5. The fourth-order valence-electron chi connectivity index (χ4n) is 2.97. The minimum Gasteiger partial charge on any atom is -0.468 e. The maximum Gasteiger partial charge on any atom is 0.243 e. The monoisotopic (exact) mass is 446 g/mol. The summed E-state index contributed by atoms with van der Waals surface area (Å²) in [5.41, 5.74) is 1.77. The lowest BCUT2D eigenvalue weighted by molar-refractivity contribution is -0.122. The molecule has 30 heavy (non-hydrogen) atoms. The predicted molar refractivity (Wildman–Crippen MR) is 115 cm³/mol. The first-order chi connectivity index (χ1) is 14.3. The standard InChI is InChI=1S/C22H23ClN2O4S/c1-16-8-10-21(11-9-16)30(27,28)25(14-20-7-4-12-29-20)15-22(26)24-17(2)18-5-3-6-19(23)13-18/h3-13,17H,14-15H2,1-2H3,(H,24,26). The van der Waals surface area contributed by atoms with E-state index >= 15 is 0 Å². The number of carbonyl (C=O) groups excluding carboxylic acids is 1. The molecule has 0 aliphatic carbocycles. The lowest BCUT2D eigenvalue weighted by atomic mass is 10.1. The molecule has 0 aliphatic heterocycles. The van der Waals surface area contributed by atoms with Gasteiger partial charge >= 0.3 is 0 Å². The second-order valence-corrected chi connectivity index (χ2v) is 9.38. The average molecular weight is 447 g/mol. The second kappa shape index (κ2) is 9.47. The van der Waals surface area contributed by atoms with Gasteiger partial charge in [-0.05, 0) is 55.8 Å². The molecule has 0 radical (unpaired) electrons. The summed E-state index contributed by atoms with van der Waals surface area (Å²) in [6.07, 6.45) is 1.47. The predicted octanol–water partition coefficient (Wildman–Crippen LogP) is 4.31. The first kappa shape index (κ1) is 22.1. The van der Waals surface area contributed by atoms with E-state index in [4.69, 9.17) is 16.0 Å². The molecule has 0 spiro atoms. The zero-order valence-electron chi connectivity index (χ0n) is 16.7. The van der Waals surface area contributed by atoms with Crippen LogP contribution in [-0.4, -0.2) is 25.2 Å². The van der Waals surface area contributed by atoms with Crippen LogP contribution in [-0.2, 0) is 21.4 Å². The smallest absolute Gasteiger partial charge is 0.243 e. The van der Waals surface area contributed by atoms with Crippen molar-refractivity contribution in [3.63, 3.8) is 0 Å². The number of nitrogens with one attached hydrogen (secondary N) is 1. The summed E-state index contributed by atoms with van der Waals surface area (Å²) in [6.45, 7) is 3.29. The molecule has 1 amide bonds. The van der Waals surface area contributed by atoms with Gasteiger partial charge in [-0.2, -0.15) is 4.31 Å². The Morgan fingerprint density at radius 3 is 2.50 bits per heavy atom. The molecule has 0 bridgehead atoms.